The zero-order valence-corrected chi connectivity index (χ0v) is 8.55. The molecule has 3 nitrogen and oxygen atoms in total. The van der Waals surface area contributed by atoms with Crippen LogP contribution in [0.1, 0.15) is 17.8 Å². The van der Waals surface area contributed by atoms with E-state index in [0.717, 1.165) is 12.1 Å². The molecule has 72 valence electrons. The summed E-state index contributed by atoms with van der Waals surface area (Å²) in [5, 5.41) is 1.20. The van der Waals surface area contributed by atoms with Crippen molar-refractivity contribution in [3.8, 4) is 0 Å². The van der Waals surface area contributed by atoms with E-state index in [9.17, 15) is 0 Å². The molecule has 0 bridgehead atoms. The van der Waals surface area contributed by atoms with E-state index in [1.165, 1.54) is 22.5 Å². The molecule has 3 rings (SSSR count). The molecule has 1 saturated carbocycles. The molecule has 0 radical (unpaired) electrons. The molecule has 14 heavy (non-hydrogen) atoms. The van der Waals surface area contributed by atoms with Gasteiger partial charge in [-0.2, -0.15) is 0 Å². The predicted octanol–water partition coefficient (Wildman–Crippen LogP) is 1.68. The van der Waals surface area contributed by atoms with Gasteiger partial charge in [0.15, 0.2) is 0 Å². The van der Waals surface area contributed by atoms with E-state index in [4.69, 9.17) is 5.73 Å². The molecule has 0 aliphatic heterocycles. The molecule has 2 heterocycles. The SMILES string of the molecule is NCC1(c2nc3cnccc3s2)CC1. The van der Waals surface area contributed by atoms with Gasteiger partial charge < -0.3 is 5.73 Å². The van der Waals surface area contributed by atoms with Crippen molar-refractivity contribution in [3.63, 3.8) is 0 Å². The largest absolute Gasteiger partial charge is 0.329 e. The normalized spacial score (nSPS) is 18.6. The van der Waals surface area contributed by atoms with E-state index >= 15 is 0 Å². The highest BCUT2D eigenvalue weighted by atomic mass is 32.1. The first-order valence-electron chi connectivity index (χ1n) is 4.75. The smallest absolute Gasteiger partial charge is 0.101 e. The summed E-state index contributed by atoms with van der Waals surface area (Å²) in [6.07, 6.45) is 6.02. The van der Waals surface area contributed by atoms with Gasteiger partial charge in [0.2, 0.25) is 0 Å². The number of nitrogens with zero attached hydrogens (tertiary/aromatic N) is 2. The number of rotatable bonds is 2. The highest BCUT2D eigenvalue weighted by molar-refractivity contribution is 7.18. The third-order valence-electron chi connectivity index (χ3n) is 2.89. The second-order valence-electron chi connectivity index (χ2n) is 3.85. The van der Waals surface area contributed by atoms with E-state index in [0.29, 0.717) is 0 Å². The van der Waals surface area contributed by atoms with Crippen molar-refractivity contribution in [3.05, 3.63) is 23.5 Å². The number of hydrogen-bond donors (Lipinski definition) is 1. The lowest BCUT2D eigenvalue weighted by Crippen LogP contribution is -2.19. The summed E-state index contributed by atoms with van der Waals surface area (Å²) in [7, 11) is 0. The van der Waals surface area contributed by atoms with Gasteiger partial charge in [-0.15, -0.1) is 11.3 Å². The minimum Gasteiger partial charge on any atom is -0.329 e. The Kier molecular flexibility index (Phi) is 1.63. The van der Waals surface area contributed by atoms with Crippen LogP contribution in [-0.4, -0.2) is 16.5 Å². The highest BCUT2D eigenvalue weighted by Crippen LogP contribution is 2.49. The second-order valence-corrected chi connectivity index (χ2v) is 4.88. The molecule has 0 spiro atoms. The van der Waals surface area contributed by atoms with E-state index < -0.39 is 0 Å². The van der Waals surface area contributed by atoms with Crippen molar-refractivity contribution in [2.75, 3.05) is 6.54 Å². The average Bonchev–Trinajstić information content (AvgIpc) is 2.91. The van der Waals surface area contributed by atoms with Gasteiger partial charge in [-0.05, 0) is 18.9 Å². The van der Waals surface area contributed by atoms with Crippen LogP contribution in [-0.2, 0) is 5.41 Å². The third kappa shape index (κ3) is 1.07. The first-order valence-corrected chi connectivity index (χ1v) is 5.57. The lowest BCUT2D eigenvalue weighted by Gasteiger charge is -2.05. The Morgan fingerprint density at radius 1 is 1.50 bits per heavy atom. The number of hydrogen-bond acceptors (Lipinski definition) is 4. The monoisotopic (exact) mass is 205 g/mol. The molecule has 0 unspecified atom stereocenters. The van der Waals surface area contributed by atoms with Crippen LogP contribution in [0.5, 0.6) is 0 Å². The highest BCUT2D eigenvalue weighted by Gasteiger charge is 2.45. The standard InChI is InChI=1S/C10H11N3S/c11-6-10(2-3-10)9-13-7-5-12-4-1-8(7)14-9/h1,4-5H,2-3,6,11H2. The van der Waals surface area contributed by atoms with Gasteiger partial charge in [-0.25, -0.2) is 4.98 Å². The lowest BCUT2D eigenvalue weighted by molar-refractivity contribution is 0.700. The molecule has 4 heteroatoms. The van der Waals surface area contributed by atoms with E-state index in [2.05, 4.69) is 9.97 Å². The summed E-state index contributed by atoms with van der Waals surface area (Å²) in [5.41, 5.74) is 6.99. The van der Waals surface area contributed by atoms with Crippen molar-refractivity contribution in [2.45, 2.75) is 18.3 Å². The number of thiazole rings is 1. The predicted molar refractivity (Wildman–Crippen MR) is 57.4 cm³/mol. The number of aromatic nitrogens is 2. The summed E-state index contributed by atoms with van der Waals surface area (Å²) in [5.74, 6) is 0. The minimum atomic E-state index is 0.212. The second kappa shape index (κ2) is 2.74. The van der Waals surface area contributed by atoms with Crippen molar-refractivity contribution < 1.29 is 0 Å². The van der Waals surface area contributed by atoms with Gasteiger partial charge in [0.25, 0.3) is 0 Å². The Morgan fingerprint density at radius 2 is 2.36 bits per heavy atom. The Hall–Kier alpha value is -1.00. The van der Waals surface area contributed by atoms with E-state index in [-0.39, 0.29) is 5.41 Å². The Labute approximate surface area is 86.0 Å². The van der Waals surface area contributed by atoms with Crippen LogP contribution in [0.15, 0.2) is 18.5 Å². The van der Waals surface area contributed by atoms with E-state index in [1.54, 1.807) is 11.3 Å². The molecule has 0 aromatic carbocycles. The molecule has 1 fully saturated rings. The zero-order chi connectivity index (χ0) is 9.60. The Bertz CT molecular complexity index is 440. The number of pyridine rings is 1. The molecule has 0 atom stereocenters. The summed E-state index contributed by atoms with van der Waals surface area (Å²) in [4.78, 5) is 8.66. The Morgan fingerprint density at radius 3 is 3.00 bits per heavy atom. The summed E-state index contributed by atoms with van der Waals surface area (Å²) >= 11 is 1.76. The molecule has 2 aromatic rings. The topological polar surface area (TPSA) is 51.8 Å². The molecule has 0 saturated heterocycles. The van der Waals surface area contributed by atoms with Gasteiger partial charge in [-0.3, -0.25) is 4.98 Å². The van der Waals surface area contributed by atoms with Crippen molar-refractivity contribution in [2.24, 2.45) is 5.73 Å². The van der Waals surface area contributed by atoms with Crippen LogP contribution >= 0.6 is 11.3 Å². The molecular weight excluding hydrogens is 194 g/mol. The first kappa shape index (κ1) is 8.32. The quantitative estimate of drug-likeness (QED) is 0.811. The van der Waals surface area contributed by atoms with Crippen LogP contribution in [0.4, 0.5) is 0 Å². The fraction of sp³-hybridized carbons (Fsp3) is 0.400. The number of fused-ring (bicyclic) bond motifs is 1. The summed E-state index contributed by atoms with van der Waals surface area (Å²) in [6.45, 7) is 0.722. The van der Waals surface area contributed by atoms with Crippen LogP contribution < -0.4 is 5.73 Å². The fourth-order valence-electron chi connectivity index (χ4n) is 1.66. The fourth-order valence-corrected chi connectivity index (χ4v) is 2.85. The van der Waals surface area contributed by atoms with Gasteiger partial charge in [0.1, 0.15) is 5.01 Å². The van der Waals surface area contributed by atoms with Crippen LogP contribution in [0.3, 0.4) is 0 Å². The molecule has 1 aliphatic carbocycles. The maximum atomic E-state index is 5.77. The molecule has 2 aromatic heterocycles. The van der Waals surface area contributed by atoms with Crippen LogP contribution in [0, 0.1) is 0 Å². The minimum absolute atomic E-state index is 0.212. The van der Waals surface area contributed by atoms with Crippen LogP contribution in [0.2, 0.25) is 0 Å². The van der Waals surface area contributed by atoms with Crippen LogP contribution in [0.25, 0.3) is 10.2 Å². The molecule has 0 amide bonds. The molecule has 1 aliphatic rings. The Balaban J connectivity index is 2.15. The van der Waals surface area contributed by atoms with Gasteiger partial charge in [-0.1, -0.05) is 0 Å². The third-order valence-corrected chi connectivity index (χ3v) is 4.17. The zero-order valence-electron chi connectivity index (χ0n) is 7.73. The van der Waals surface area contributed by atoms with Gasteiger partial charge in [0, 0.05) is 18.2 Å². The summed E-state index contributed by atoms with van der Waals surface area (Å²) in [6, 6.07) is 2.02. The maximum absolute atomic E-state index is 5.77. The lowest BCUT2D eigenvalue weighted by atomic mass is 10.1. The molecular formula is C10H11N3S. The first-order chi connectivity index (χ1) is 6.84. The molecule has 2 N–H and O–H groups in total. The number of nitrogens with two attached hydrogens (primary N) is 1. The van der Waals surface area contributed by atoms with Crippen molar-refractivity contribution in [1.82, 2.24) is 9.97 Å². The average molecular weight is 205 g/mol. The van der Waals surface area contributed by atoms with Gasteiger partial charge >= 0.3 is 0 Å². The summed E-state index contributed by atoms with van der Waals surface area (Å²) < 4.78 is 1.22. The van der Waals surface area contributed by atoms with Crippen molar-refractivity contribution >= 4 is 21.6 Å². The maximum Gasteiger partial charge on any atom is 0.101 e. The van der Waals surface area contributed by atoms with Gasteiger partial charge in [0.05, 0.1) is 16.4 Å². The van der Waals surface area contributed by atoms with Crippen molar-refractivity contribution in [1.29, 1.82) is 0 Å². The van der Waals surface area contributed by atoms with E-state index in [1.807, 2.05) is 18.5 Å².